The van der Waals surface area contributed by atoms with E-state index in [4.69, 9.17) is 0 Å². The normalized spacial score (nSPS) is 10.6. The fraction of sp³-hybridized carbons (Fsp3) is 0.227. The Morgan fingerprint density at radius 1 is 0.929 bits per heavy atom. The summed E-state index contributed by atoms with van der Waals surface area (Å²) in [7, 11) is 0. The molecule has 1 amide bonds. The molecule has 144 valence electrons. The first-order valence-electron chi connectivity index (χ1n) is 9.27. The molecule has 0 aliphatic carbocycles. The quantitative estimate of drug-likeness (QED) is 0.541. The van der Waals surface area contributed by atoms with Gasteiger partial charge in [0.2, 0.25) is 11.9 Å². The molecular weight excluding hydrogens is 350 g/mol. The van der Waals surface area contributed by atoms with Gasteiger partial charge < -0.3 is 16.0 Å². The predicted octanol–water partition coefficient (Wildman–Crippen LogP) is 5.35. The number of hydrogen-bond donors (Lipinski definition) is 3. The van der Waals surface area contributed by atoms with Crippen molar-refractivity contribution in [1.82, 2.24) is 9.97 Å². The van der Waals surface area contributed by atoms with Gasteiger partial charge in [-0.3, -0.25) is 4.79 Å². The van der Waals surface area contributed by atoms with Crippen LogP contribution in [-0.4, -0.2) is 15.9 Å². The maximum Gasteiger partial charge on any atom is 0.229 e. The molecule has 0 atom stereocenters. The summed E-state index contributed by atoms with van der Waals surface area (Å²) in [6.45, 7) is 7.74. The van der Waals surface area contributed by atoms with Gasteiger partial charge in [0.15, 0.2) is 0 Å². The number of anilines is 5. The topological polar surface area (TPSA) is 78.9 Å². The smallest absolute Gasteiger partial charge is 0.229 e. The van der Waals surface area contributed by atoms with Crippen molar-refractivity contribution >= 4 is 34.7 Å². The molecule has 0 saturated carbocycles. The van der Waals surface area contributed by atoms with E-state index in [-0.39, 0.29) is 5.91 Å². The molecule has 0 aliphatic heterocycles. The molecule has 3 aromatic rings. The number of amides is 1. The first-order chi connectivity index (χ1) is 13.4. The minimum absolute atomic E-state index is 0.106. The van der Waals surface area contributed by atoms with Gasteiger partial charge in [0.25, 0.3) is 0 Å². The summed E-state index contributed by atoms with van der Waals surface area (Å²) in [5.41, 5.74) is 4.62. The molecule has 6 heteroatoms. The fourth-order valence-corrected chi connectivity index (χ4v) is 2.95. The van der Waals surface area contributed by atoms with Gasteiger partial charge in [-0.25, -0.2) is 4.98 Å². The van der Waals surface area contributed by atoms with Gasteiger partial charge in [-0.2, -0.15) is 4.98 Å². The Hall–Kier alpha value is -3.41. The molecule has 0 saturated heterocycles. The third-order valence-corrected chi connectivity index (χ3v) is 4.14. The van der Waals surface area contributed by atoms with Crippen molar-refractivity contribution in [3.8, 4) is 0 Å². The zero-order valence-corrected chi connectivity index (χ0v) is 16.6. The second-order valence-electron chi connectivity index (χ2n) is 6.97. The van der Waals surface area contributed by atoms with Crippen molar-refractivity contribution in [2.75, 3.05) is 16.0 Å². The third-order valence-electron chi connectivity index (χ3n) is 4.14. The minimum atomic E-state index is -0.106. The Morgan fingerprint density at radius 3 is 2.43 bits per heavy atom. The molecule has 1 aromatic heterocycles. The fourth-order valence-electron chi connectivity index (χ4n) is 2.95. The highest BCUT2D eigenvalue weighted by Gasteiger charge is 2.09. The van der Waals surface area contributed by atoms with E-state index in [0.717, 1.165) is 22.8 Å². The molecule has 0 unspecified atom stereocenters. The summed E-state index contributed by atoms with van der Waals surface area (Å²) < 4.78 is 0. The van der Waals surface area contributed by atoms with Gasteiger partial charge in [0, 0.05) is 35.7 Å². The standard InChI is InChI=1S/C22H25N5O/c1-14(2)19-10-5-6-11-20(19)26-22-23-15(3)12-21(27-22)25-18-9-7-8-17(13-18)24-16(4)28/h5-14H,1-4H3,(H,24,28)(H2,23,25,26,27). The second-order valence-corrected chi connectivity index (χ2v) is 6.97. The van der Waals surface area contributed by atoms with E-state index < -0.39 is 0 Å². The third kappa shape index (κ3) is 5.07. The van der Waals surface area contributed by atoms with Crippen LogP contribution in [-0.2, 0) is 4.79 Å². The molecule has 0 fully saturated rings. The first-order valence-corrected chi connectivity index (χ1v) is 9.27. The van der Waals surface area contributed by atoms with Crippen LogP contribution in [0.2, 0.25) is 0 Å². The van der Waals surface area contributed by atoms with Crippen LogP contribution in [0.3, 0.4) is 0 Å². The SMILES string of the molecule is CC(=O)Nc1cccc(Nc2cc(C)nc(Nc3ccccc3C(C)C)n2)c1. The van der Waals surface area contributed by atoms with Crippen molar-refractivity contribution < 1.29 is 4.79 Å². The molecule has 2 aromatic carbocycles. The lowest BCUT2D eigenvalue weighted by Gasteiger charge is -2.15. The number of para-hydroxylation sites is 1. The Balaban J connectivity index is 1.84. The minimum Gasteiger partial charge on any atom is -0.340 e. The lowest BCUT2D eigenvalue weighted by molar-refractivity contribution is -0.114. The monoisotopic (exact) mass is 375 g/mol. The van der Waals surface area contributed by atoms with E-state index in [1.807, 2.05) is 55.5 Å². The molecule has 0 spiro atoms. The van der Waals surface area contributed by atoms with Crippen LogP contribution in [0.4, 0.5) is 28.8 Å². The average Bonchev–Trinajstić information content (AvgIpc) is 2.61. The molecule has 0 radical (unpaired) electrons. The summed E-state index contributed by atoms with van der Waals surface area (Å²) in [5, 5.41) is 9.40. The Kier molecular flexibility index (Phi) is 5.89. The highest BCUT2D eigenvalue weighted by molar-refractivity contribution is 5.89. The number of hydrogen-bond acceptors (Lipinski definition) is 5. The summed E-state index contributed by atoms with van der Waals surface area (Å²) in [5.74, 6) is 1.50. The van der Waals surface area contributed by atoms with Crippen LogP contribution in [0, 0.1) is 6.92 Å². The largest absolute Gasteiger partial charge is 0.340 e. The lowest BCUT2D eigenvalue weighted by atomic mass is 10.0. The lowest BCUT2D eigenvalue weighted by Crippen LogP contribution is -2.06. The highest BCUT2D eigenvalue weighted by Crippen LogP contribution is 2.27. The van der Waals surface area contributed by atoms with Gasteiger partial charge >= 0.3 is 0 Å². The van der Waals surface area contributed by atoms with Crippen molar-refractivity contribution in [1.29, 1.82) is 0 Å². The van der Waals surface area contributed by atoms with E-state index in [0.29, 0.717) is 17.7 Å². The van der Waals surface area contributed by atoms with Crippen molar-refractivity contribution in [3.63, 3.8) is 0 Å². The van der Waals surface area contributed by atoms with Crippen molar-refractivity contribution in [2.45, 2.75) is 33.6 Å². The Bertz CT molecular complexity index is 984. The van der Waals surface area contributed by atoms with Crippen LogP contribution in [0.5, 0.6) is 0 Å². The molecule has 28 heavy (non-hydrogen) atoms. The van der Waals surface area contributed by atoms with Gasteiger partial charge in [0.1, 0.15) is 5.82 Å². The average molecular weight is 375 g/mol. The van der Waals surface area contributed by atoms with E-state index in [2.05, 4.69) is 45.8 Å². The molecule has 3 rings (SSSR count). The number of carbonyl (C=O) groups excluding carboxylic acids is 1. The first kappa shape index (κ1) is 19.4. The number of carbonyl (C=O) groups is 1. The van der Waals surface area contributed by atoms with Gasteiger partial charge in [-0.15, -0.1) is 0 Å². The number of aryl methyl sites for hydroxylation is 1. The van der Waals surface area contributed by atoms with Crippen LogP contribution in [0.1, 0.15) is 37.9 Å². The predicted molar refractivity (Wildman–Crippen MR) is 115 cm³/mol. The maximum atomic E-state index is 11.3. The number of aromatic nitrogens is 2. The van der Waals surface area contributed by atoms with Gasteiger partial charge in [-0.1, -0.05) is 38.1 Å². The number of rotatable bonds is 6. The van der Waals surface area contributed by atoms with Crippen LogP contribution >= 0.6 is 0 Å². The van der Waals surface area contributed by atoms with Crippen molar-refractivity contribution in [3.05, 3.63) is 65.9 Å². The number of benzene rings is 2. The summed E-state index contributed by atoms with van der Waals surface area (Å²) in [6.07, 6.45) is 0. The van der Waals surface area contributed by atoms with Gasteiger partial charge in [-0.05, 0) is 42.7 Å². The van der Waals surface area contributed by atoms with Crippen LogP contribution in [0.15, 0.2) is 54.6 Å². The van der Waals surface area contributed by atoms with Crippen molar-refractivity contribution in [2.24, 2.45) is 0 Å². The van der Waals surface area contributed by atoms with E-state index in [1.54, 1.807) is 0 Å². The molecule has 0 aliphatic rings. The number of nitrogens with zero attached hydrogens (tertiary/aromatic N) is 2. The van der Waals surface area contributed by atoms with E-state index >= 15 is 0 Å². The second kappa shape index (κ2) is 8.52. The van der Waals surface area contributed by atoms with Gasteiger partial charge in [0.05, 0.1) is 0 Å². The number of nitrogens with one attached hydrogen (secondary N) is 3. The molecule has 6 nitrogen and oxygen atoms in total. The van der Waals surface area contributed by atoms with E-state index in [9.17, 15) is 4.79 Å². The molecular formula is C22H25N5O. The summed E-state index contributed by atoms with van der Waals surface area (Å²) in [6, 6.07) is 17.5. The molecule has 1 heterocycles. The Morgan fingerprint density at radius 2 is 1.68 bits per heavy atom. The molecule has 0 bridgehead atoms. The summed E-state index contributed by atoms with van der Waals surface area (Å²) in [4.78, 5) is 20.4. The molecule has 3 N–H and O–H groups in total. The maximum absolute atomic E-state index is 11.3. The highest BCUT2D eigenvalue weighted by atomic mass is 16.1. The van der Waals surface area contributed by atoms with Crippen LogP contribution in [0.25, 0.3) is 0 Å². The Labute approximate surface area is 165 Å². The summed E-state index contributed by atoms with van der Waals surface area (Å²) >= 11 is 0. The van der Waals surface area contributed by atoms with Crippen LogP contribution < -0.4 is 16.0 Å². The zero-order chi connectivity index (χ0) is 20.1. The zero-order valence-electron chi connectivity index (χ0n) is 16.6. The van der Waals surface area contributed by atoms with E-state index in [1.165, 1.54) is 12.5 Å².